The van der Waals surface area contributed by atoms with Gasteiger partial charge in [0, 0.05) is 12.0 Å². The molecule has 0 aliphatic heterocycles. The quantitative estimate of drug-likeness (QED) is 0.682. The molecule has 2 unspecified atom stereocenters. The molecule has 1 amide bonds. The van der Waals surface area contributed by atoms with E-state index >= 15 is 0 Å². The van der Waals surface area contributed by atoms with E-state index in [9.17, 15) is 9.59 Å². The van der Waals surface area contributed by atoms with Crippen LogP contribution in [0.15, 0.2) is 0 Å². The maximum absolute atomic E-state index is 11.4. The predicted octanol–water partition coefficient (Wildman–Crippen LogP) is 1.40. The number of carboxylic acids is 1. The van der Waals surface area contributed by atoms with Crippen LogP contribution in [0.3, 0.4) is 0 Å². The summed E-state index contributed by atoms with van der Waals surface area (Å²) in [7, 11) is 0. The van der Waals surface area contributed by atoms with E-state index in [-0.39, 0.29) is 24.3 Å². The maximum atomic E-state index is 11.4. The first-order chi connectivity index (χ1) is 6.51. The van der Waals surface area contributed by atoms with Crippen molar-refractivity contribution in [3.8, 4) is 0 Å². The second kappa shape index (κ2) is 6.40. The molecule has 0 aliphatic rings. The van der Waals surface area contributed by atoms with Gasteiger partial charge in [-0.1, -0.05) is 20.8 Å². The zero-order valence-corrected chi connectivity index (χ0v) is 9.04. The van der Waals surface area contributed by atoms with E-state index in [0.29, 0.717) is 6.42 Å². The molecule has 0 rings (SSSR count). The average molecular weight is 201 g/mol. The summed E-state index contributed by atoms with van der Waals surface area (Å²) < 4.78 is 0. The van der Waals surface area contributed by atoms with Gasteiger partial charge in [-0.3, -0.25) is 9.59 Å². The third kappa shape index (κ3) is 4.84. The van der Waals surface area contributed by atoms with Gasteiger partial charge in [-0.25, -0.2) is 0 Å². The van der Waals surface area contributed by atoms with Crippen molar-refractivity contribution in [2.75, 3.05) is 0 Å². The number of carboxylic acid groups (broad SMARTS) is 1. The van der Waals surface area contributed by atoms with Gasteiger partial charge in [0.05, 0.1) is 6.42 Å². The molecule has 2 atom stereocenters. The molecule has 14 heavy (non-hydrogen) atoms. The molecule has 4 heteroatoms. The van der Waals surface area contributed by atoms with Crippen molar-refractivity contribution in [1.29, 1.82) is 0 Å². The molecule has 0 saturated carbocycles. The number of amides is 1. The molecule has 0 aliphatic carbocycles. The van der Waals surface area contributed by atoms with Crippen LogP contribution in [0.1, 0.15) is 40.0 Å². The first-order valence-corrected chi connectivity index (χ1v) is 5.03. The van der Waals surface area contributed by atoms with E-state index in [1.807, 2.05) is 20.8 Å². The van der Waals surface area contributed by atoms with Crippen molar-refractivity contribution >= 4 is 11.9 Å². The van der Waals surface area contributed by atoms with Gasteiger partial charge in [0.1, 0.15) is 0 Å². The first-order valence-electron chi connectivity index (χ1n) is 5.03. The second-order valence-electron chi connectivity index (χ2n) is 3.52. The van der Waals surface area contributed by atoms with E-state index in [1.54, 1.807) is 0 Å². The molecule has 82 valence electrons. The highest BCUT2D eigenvalue weighted by atomic mass is 16.4. The van der Waals surface area contributed by atoms with Crippen LogP contribution in [0.2, 0.25) is 0 Å². The fourth-order valence-electron chi connectivity index (χ4n) is 1.04. The normalized spacial score (nSPS) is 14.5. The molecule has 0 bridgehead atoms. The minimum absolute atomic E-state index is 0.00132. The standard InChI is InChI=1S/C10H19NO3/c1-4-7(3)10(14)11-8(5-2)6-9(12)13/h7-8H,4-6H2,1-3H3,(H,11,14)(H,12,13). The van der Waals surface area contributed by atoms with Crippen molar-refractivity contribution in [3.63, 3.8) is 0 Å². The number of carbonyl (C=O) groups excluding carboxylic acids is 1. The van der Waals surface area contributed by atoms with Crippen molar-refractivity contribution < 1.29 is 14.7 Å². The van der Waals surface area contributed by atoms with E-state index in [0.717, 1.165) is 6.42 Å². The third-order valence-electron chi connectivity index (χ3n) is 2.32. The Hall–Kier alpha value is -1.06. The van der Waals surface area contributed by atoms with Gasteiger partial charge in [0.2, 0.25) is 5.91 Å². The van der Waals surface area contributed by atoms with Gasteiger partial charge < -0.3 is 10.4 Å². The van der Waals surface area contributed by atoms with Crippen molar-refractivity contribution in [2.24, 2.45) is 5.92 Å². The summed E-state index contributed by atoms with van der Waals surface area (Å²) in [5.41, 5.74) is 0. The number of rotatable bonds is 6. The van der Waals surface area contributed by atoms with Gasteiger partial charge >= 0.3 is 5.97 Å². The van der Waals surface area contributed by atoms with E-state index < -0.39 is 5.97 Å². The SMILES string of the molecule is CCC(CC(=O)O)NC(=O)C(C)CC. The number of carbonyl (C=O) groups is 2. The summed E-state index contributed by atoms with van der Waals surface area (Å²) in [6, 6.07) is -0.242. The third-order valence-corrected chi connectivity index (χ3v) is 2.32. The number of nitrogens with one attached hydrogen (secondary N) is 1. The van der Waals surface area contributed by atoms with Gasteiger partial charge in [0.15, 0.2) is 0 Å². The highest BCUT2D eigenvalue weighted by Crippen LogP contribution is 2.04. The van der Waals surface area contributed by atoms with Crippen molar-refractivity contribution in [3.05, 3.63) is 0 Å². The summed E-state index contributed by atoms with van der Waals surface area (Å²) in [4.78, 5) is 21.9. The lowest BCUT2D eigenvalue weighted by Gasteiger charge is -2.17. The van der Waals surface area contributed by atoms with E-state index in [2.05, 4.69) is 5.32 Å². The Morgan fingerprint density at radius 3 is 2.21 bits per heavy atom. The van der Waals surface area contributed by atoms with Crippen LogP contribution in [-0.2, 0) is 9.59 Å². The summed E-state index contributed by atoms with van der Waals surface area (Å²) in [6.07, 6.45) is 1.42. The fraction of sp³-hybridized carbons (Fsp3) is 0.800. The summed E-state index contributed by atoms with van der Waals surface area (Å²) in [5.74, 6) is -0.972. The van der Waals surface area contributed by atoms with E-state index in [4.69, 9.17) is 5.11 Å². The summed E-state index contributed by atoms with van der Waals surface area (Å²) in [5, 5.41) is 11.3. The summed E-state index contributed by atoms with van der Waals surface area (Å²) in [6.45, 7) is 5.63. The van der Waals surface area contributed by atoms with Crippen molar-refractivity contribution in [2.45, 2.75) is 46.1 Å². The Bertz CT molecular complexity index is 204. The lowest BCUT2D eigenvalue weighted by atomic mass is 10.1. The van der Waals surface area contributed by atoms with Crippen LogP contribution in [0.4, 0.5) is 0 Å². The van der Waals surface area contributed by atoms with Gasteiger partial charge in [-0.15, -0.1) is 0 Å². The van der Waals surface area contributed by atoms with E-state index in [1.165, 1.54) is 0 Å². The molecule has 0 aromatic carbocycles. The molecule has 0 aromatic heterocycles. The molecule has 0 fully saturated rings. The maximum Gasteiger partial charge on any atom is 0.305 e. The van der Waals surface area contributed by atoms with Crippen LogP contribution >= 0.6 is 0 Å². The number of hydrogen-bond donors (Lipinski definition) is 2. The number of hydrogen-bond acceptors (Lipinski definition) is 2. The second-order valence-corrected chi connectivity index (χ2v) is 3.52. The Labute approximate surface area is 84.7 Å². The molecule has 0 aromatic rings. The molecule has 0 saturated heterocycles. The molecular formula is C10H19NO3. The van der Waals surface area contributed by atoms with Gasteiger partial charge in [-0.2, -0.15) is 0 Å². The minimum Gasteiger partial charge on any atom is -0.481 e. The predicted molar refractivity (Wildman–Crippen MR) is 53.9 cm³/mol. The molecule has 0 heterocycles. The lowest BCUT2D eigenvalue weighted by Crippen LogP contribution is -2.38. The minimum atomic E-state index is -0.874. The van der Waals surface area contributed by atoms with Crippen molar-refractivity contribution in [1.82, 2.24) is 5.32 Å². The lowest BCUT2D eigenvalue weighted by molar-refractivity contribution is -0.137. The molecule has 2 N–H and O–H groups in total. The zero-order chi connectivity index (χ0) is 11.1. The fourth-order valence-corrected chi connectivity index (χ4v) is 1.04. The van der Waals surface area contributed by atoms with Crippen LogP contribution < -0.4 is 5.32 Å². The average Bonchev–Trinajstić information content (AvgIpc) is 2.14. The Morgan fingerprint density at radius 1 is 1.29 bits per heavy atom. The monoisotopic (exact) mass is 201 g/mol. The van der Waals surface area contributed by atoms with Crippen LogP contribution in [0.5, 0.6) is 0 Å². The molecular weight excluding hydrogens is 182 g/mol. The largest absolute Gasteiger partial charge is 0.481 e. The smallest absolute Gasteiger partial charge is 0.305 e. The van der Waals surface area contributed by atoms with Gasteiger partial charge in [0.25, 0.3) is 0 Å². The topological polar surface area (TPSA) is 66.4 Å². The van der Waals surface area contributed by atoms with Gasteiger partial charge in [-0.05, 0) is 12.8 Å². The van der Waals surface area contributed by atoms with Crippen LogP contribution in [0, 0.1) is 5.92 Å². The molecule has 0 spiro atoms. The molecule has 0 radical (unpaired) electrons. The Balaban J connectivity index is 4.04. The highest BCUT2D eigenvalue weighted by Gasteiger charge is 2.17. The highest BCUT2D eigenvalue weighted by molar-refractivity contribution is 5.79. The first kappa shape index (κ1) is 12.9. The number of aliphatic carboxylic acids is 1. The van der Waals surface area contributed by atoms with Crippen LogP contribution in [0.25, 0.3) is 0 Å². The summed E-state index contributed by atoms with van der Waals surface area (Å²) >= 11 is 0. The Morgan fingerprint density at radius 2 is 1.86 bits per heavy atom. The Kier molecular flexibility index (Phi) is 5.92. The zero-order valence-electron chi connectivity index (χ0n) is 9.04. The molecule has 4 nitrogen and oxygen atoms in total. The van der Waals surface area contributed by atoms with Crippen LogP contribution in [-0.4, -0.2) is 23.0 Å².